The second-order valence-corrected chi connectivity index (χ2v) is 6.09. The highest BCUT2D eigenvalue weighted by Crippen LogP contribution is 2.33. The molecule has 0 aliphatic carbocycles. The standard InChI is InChI=1S/C11H10O4S.C6H6/c1-7-10(16(13,14)15)6-8-4-2-3-5-9(8)11(7)12;1-2-4-6-5-3-1/h2-6,12H,1H3,(H,13,14,15);1-6H. The molecule has 0 radical (unpaired) electrons. The summed E-state index contributed by atoms with van der Waals surface area (Å²) in [4.78, 5) is -0.260. The van der Waals surface area contributed by atoms with Crippen molar-refractivity contribution in [2.45, 2.75) is 11.8 Å². The Balaban J connectivity index is 0.000000246. The minimum atomic E-state index is -4.31. The second kappa shape index (κ2) is 6.60. The highest BCUT2D eigenvalue weighted by Gasteiger charge is 2.17. The zero-order chi connectivity index (χ0) is 16.2. The van der Waals surface area contributed by atoms with Crippen LogP contribution >= 0.6 is 0 Å². The Hall–Kier alpha value is -2.37. The van der Waals surface area contributed by atoms with Gasteiger partial charge in [-0.15, -0.1) is 0 Å². The summed E-state index contributed by atoms with van der Waals surface area (Å²) in [5.74, 6) is -0.120. The van der Waals surface area contributed by atoms with Crippen molar-refractivity contribution in [2.75, 3.05) is 0 Å². The van der Waals surface area contributed by atoms with Crippen LogP contribution in [0.2, 0.25) is 0 Å². The highest BCUT2D eigenvalue weighted by molar-refractivity contribution is 7.85. The molecule has 3 aromatic carbocycles. The van der Waals surface area contributed by atoms with E-state index in [0.29, 0.717) is 10.8 Å². The number of fused-ring (bicyclic) bond motifs is 1. The average molecular weight is 316 g/mol. The van der Waals surface area contributed by atoms with Gasteiger partial charge in [-0.2, -0.15) is 8.42 Å². The minimum Gasteiger partial charge on any atom is -0.507 e. The lowest BCUT2D eigenvalue weighted by molar-refractivity contribution is 0.466. The Labute approximate surface area is 129 Å². The van der Waals surface area contributed by atoms with E-state index < -0.39 is 10.1 Å². The first-order chi connectivity index (χ1) is 10.4. The third kappa shape index (κ3) is 3.63. The molecule has 0 heterocycles. The van der Waals surface area contributed by atoms with Gasteiger partial charge in [0.2, 0.25) is 0 Å². The topological polar surface area (TPSA) is 74.6 Å². The van der Waals surface area contributed by atoms with Gasteiger partial charge in [-0.3, -0.25) is 4.55 Å². The number of phenols is 1. The van der Waals surface area contributed by atoms with E-state index in [1.54, 1.807) is 24.3 Å². The van der Waals surface area contributed by atoms with Crippen LogP contribution in [0.25, 0.3) is 10.8 Å². The van der Waals surface area contributed by atoms with Gasteiger partial charge in [0.25, 0.3) is 10.1 Å². The van der Waals surface area contributed by atoms with Crippen LogP contribution in [-0.4, -0.2) is 18.1 Å². The predicted molar refractivity (Wildman–Crippen MR) is 86.6 cm³/mol. The molecule has 3 aromatic rings. The molecular weight excluding hydrogens is 300 g/mol. The van der Waals surface area contributed by atoms with Crippen LogP contribution in [0.3, 0.4) is 0 Å². The molecule has 22 heavy (non-hydrogen) atoms. The molecule has 5 heteroatoms. The molecule has 0 unspecified atom stereocenters. The summed E-state index contributed by atoms with van der Waals surface area (Å²) in [6.45, 7) is 1.45. The number of hydrogen-bond acceptors (Lipinski definition) is 3. The van der Waals surface area contributed by atoms with Crippen LogP contribution in [0.4, 0.5) is 0 Å². The molecule has 0 spiro atoms. The molecule has 0 saturated heterocycles. The molecule has 0 amide bonds. The smallest absolute Gasteiger partial charge is 0.294 e. The maximum absolute atomic E-state index is 11.1. The molecule has 0 atom stereocenters. The average Bonchev–Trinajstić information content (AvgIpc) is 2.52. The first-order valence-corrected chi connectivity index (χ1v) is 8.04. The van der Waals surface area contributed by atoms with Crippen LogP contribution in [0, 0.1) is 6.92 Å². The van der Waals surface area contributed by atoms with E-state index in [2.05, 4.69) is 0 Å². The number of benzene rings is 3. The molecular formula is C17H16O4S. The van der Waals surface area contributed by atoms with Crippen molar-refractivity contribution < 1.29 is 18.1 Å². The van der Waals surface area contributed by atoms with E-state index in [0.717, 1.165) is 0 Å². The van der Waals surface area contributed by atoms with Crippen molar-refractivity contribution in [3.8, 4) is 5.75 Å². The number of hydrogen-bond donors (Lipinski definition) is 2. The fourth-order valence-electron chi connectivity index (χ4n) is 2.06. The van der Waals surface area contributed by atoms with Gasteiger partial charge >= 0.3 is 0 Å². The quantitative estimate of drug-likeness (QED) is 0.670. The van der Waals surface area contributed by atoms with Gasteiger partial charge in [0.05, 0.1) is 0 Å². The second-order valence-electron chi connectivity index (χ2n) is 4.70. The largest absolute Gasteiger partial charge is 0.507 e. The lowest BCUT2D eigenvalue weighted by Crippen LogP contribution is -2.01. The molecule has 0 aliphatic heterocycles. The van der Waals surface area contributed by atoms with Gasteiger partial charge < -0.3 is 5.11 Å². The number of aromatic hydroxyl groups is 1. The van der Waals surface area contributed by atoms with E-state index in [1.807, 2.05) is 36.4 Å². The van der Waals surface area contributed by atoms with Gasteiger partial charge in [-0.25, -0.2) is 0 Å². The molecule has 0 saturated carbocycles. The molecule has 0 bridgehead atoms. The lowest BCUT2D eigenvalue weighted by Gasteiger charge is -2.08. The van der Waals surface area contributed by atoms with Crippen LogP contribution in [-0.2, 0) is 10.1 Å². The lowest BCUT2D eigenvalue weighted by atomic mass is 10.1. The molecule has 0 aromatic heterocycles. The number of rotatable bonds is 1. The van der Waals surface area contributed by atoms with Gasteiger partial charge in [-0.05, 0) is 18.4 Å². The summed E-state index contributed by atoms with van der Waals surface area (Å²) in [5.41, 5.74) is 0.154. The molecule has 114 valence electrons. The molecule has 4 nitrogen and oxygen atoms in total. The van der Waals surface area contributed by atoms with Gasteiger partial charge in [-0.1, -0.05) is 60.7 Å². The zero-order valence-corrected chi connectivity index (χ0v) is 12.8. The molecule has 3 rings (SSSR count). The van der Waals surface area contributed by atoms with Crippen molar-refractivity contribution >= 4 is 20.9 Å². The summed E-state index contributed by atoms with van der Waals surface area (Å²) in [7, 11) is -4.31. The zero-order valence-electron chi connectivity index (χ0n) is 12.0. The Bertz CT molecular complexity index is 845. The van der Waals surface area contributed by atoms with E-state index in [-0.39, 0.29) is 16.2 Å². The van der Waals surface area contributed by atoms with Crippen molar-refractivity contribution in [3.05, 3.63) is 72.3 Å². The third-order valence-corrected chi connectivity index (χ3v) is 4.15. The van der Waals surface area contributed by atoms with Crippen molar-refractivity contribution in [1.82, 2.24) is 0 Å². The molecule has 2 N–H and O–H groups in total. The van der Waals surface area contributed by atoms with Crippen LogP contribution in [0.5, 0.6) is 5.75 Å². The fourth-order valence-corrected chi connectivity index (χ4v) is 2.82. The fraction of sp³-hybridized carbons (Fsp3) is 0.0588. The van der Waals surface area contributed by atoms with Crippen LogP contribution in [0.15, 0.2) is 71.6 Å². The predicted octanol–water partition coefficient (Wildman–Crippen LogP) is 3.79. The first kappa shape index (κ1) is 16.0. The van der Waals surface area contributed by atoms with Crippen molar-refractivity contribution in [1.29, 1.82) is 0 Å². The van der Waals surface area contributed by atoms with Crippen molar-refractivity contribution in [3.63, 3.8) is 0 Å². The number of phenolic OH excluding ortho intramolecular Hbond substituents is 1. The molecule has 0 fully saturated rings. The van der Waals surface area contributed by atoms with Crippen molar-refractivity contribution in [2.24, 2.45) is 0 Å². The van der Waals surface area contributed by atoms with E-state index >= 15 is 0 Å². The molecule has 0 aliphatic rings. The maximum atomic E-state index is 11.1. The van der Waals surface area contributed by atoms with Gasteiger partial charge in [0.15, 0.2) is 0 Å². The van der Waals surface area contributed by atoms with Crippen LogP contribution < -0.4 is 0 Å². The third-order valence-electron chi connectivity index (χ3n) is 3.17. The van der Waals surface area contributed by atoms with E-state index in [9.17, 15) is 13.5 Å². The Morgan fingerprint density at radius 1 is 0.864 bits per heavy atom. The van der Waals surface area contributed by atoms with E-state index in [1.165, 1.54) is 13.0 Å². The minimum absolute atomic E-state index is 0.120. The summed E-state index contributed by atoms with van der Waals surface area (Å²) in [6.07, 6.45) is 0. The SMILES string of the molecule is Cc1c(S(=O)(=O)O)cc2ccccc2c1O.c1ccccc1. The normalized spacial score (nSPS) is 10.8. The highest BCUT2D eigenvalue weighted by atomic mass is 32.2. The van der Waals surface area contributed by atoms with E-state index in [4.69, 9.17) is 4.55 Å². The summed E-state index contributed by atoms with van der Waals surface area (Å²) >= 11 is 0. The summed E-state index contributed by atoms with van der Waals surface area (Å²) in [5, 5.41) is 11.0. The first-order valence-electron chi connectivity index (χ1n) is 6.60. The summed E-state index contributed by atoms with van der Waals surface area (Å²) < 4.78 is 31.2. The van der Waals surface area contributed by atoms with Gasteiger partial charge in [0, 0.05) is 10.9 Å². The Morgan fingerprint density at radius 3 is 1.86 bits per heavy atom. The maximum Gasteiger partial charge on any atom is 0.294 e. The van der Waals surface area contributed by atoms with Gasteiger partial charge in [0.1, 0.15) is 10.6 Å². The Morgan fingerprint density at radius 2 is 1.36 bits per heavy atom. The monoisotopic (exact) mass is 316 g/mol. The Kier molecular flexibility index (Phi) is 4.80. The summed E-state index contributed by atoms with van der Waals surface area (Å²) in [6, 6.07) is 20.2. The van der Waals surface area contributed by atoms with Crippen LogP contribution in [0.1, 0.15) is 5.56 Å².